The standard InChI is InChI=1S/C11H16FNO.ClH/c1-2-3-10(14)11(13)8-4-6-9(12)7-5-8;/h4-7,10-11,14H,2-3,13H2,1H3;1H/t10-,11+;/m1./s1. The van der Waals surface area contributed by atoms with Gasteiger partial charge in [-0.3, -0.25) is 0 Å². The van der Waals surface area contributed by atoms with Gasteiger partial charge in [-0.15, -0.1) is 12.4 Å². The number of hydrogen-bond donors (Lipinski definition) is 2. The first-order valence-electron chi connectivity index (χ1n) is 4.84. The zero-order chi connectivity index (χ0) is 10.6. The third-order valence-electron chi connectivity index (χ3n) is 2.25. The molecular formula is C11H17ClFNO. The first-order chi connectivity index (χ1) is 6.65. The molecule has 2 atom stereocenters. The third-order valence-corrected chi connectivity index (χ3v) is 2.25. The van der Waals surface area contributed by atoms with Gasteiger partial charge in [-0.25, -0.2) is 4.39 Å². The van der Waals surface area contributed by atoms with E-state index < -0.39 is 12.1 Å². The Labute approximate surface area is 95.7 Å². The van der Waals surface area contributed by atoms with E-state index in [0.717, 1.165) is 12.0 Å². The minimum absolute atomic E-state index is 0. The summed E-state index contributed by atoms with van der Waals surface area (Å²) in [4.78, 5) is 0. The highest BCUT2D eigenvalue weighted by molar-refractivity contribution is 5.85. The van der Waals surface area contributed by atoms with Crippen molar-refractivity contribution in [2.45, 2.75) is 31.9 Å². The van der Waals surface area contributed by atoms with Crippen molar-refractivity contribution in [1.82, 2.24) is 0 Å². The molecule has 0 heterocycles. The molecule has 1 aromatic carbocycles. The molecule has 86 valence electrons. The fourth-order valence-corrected chi connectivity index (χ4v) is 1.38. The van der Waals surface area contributed by atoms with E-state index in [4.69, 9.17) is 5.73 Å². The van der Waals surface area contributed by atoms with E-state index in [0.29, 0.717) is 6.42 Å². The number of halogens is 2. The van der Waals surface area contributed by atoms with E-state index >= 15 is 0 Å². The summed E-state index contributed by atoms with van der Waals surface area (Å²) >= 11 is 0. The van der Waals surface area contributed by atoms with Crippen molar-refractivity contribution in [3.05, 3.63) is 35.6 Å². The number of aliphatic hydroxyl groups is 1. The molecule has 0 fully saturated rings. The normalized spacial score (nSPS) is 14.1. The predicted molar refractivity (Wildman–Crippen MR) is 61.5 cm³/mol. The van der Waals surface area contributed by atoms with Crippen LogP contribution in [0.25, 0.3) is 0 Å². The topological polar surface area (TPSA) is 46.2 Å². The molecule has 0 aliphatic carbocycles. The first-order valence-corrected chi connectivity index (χ1v) is 4.84. The van der Waals surface area contributed by atoms with Crippen LogP contribution in [-0.4, -0.2) is 11.2 Å². The summed E-state index contributed by atoms with van der Waals surface area (Å²) < 4.78 is 12.6. The molecule has 0 aromatic heterocycles. The molecule has 0 amide bonds. The largest absolute Gasteiger partial charge is 0.391 e. The number of hydrogen-bond acceptors (Lipinski definition) is 2. The molecule has 4 heteroatoms. The molecule has 0 saturated heterocycles. The molecule has 15 heavy (non-hydrogen) atoms. The Morgan fingerprint density at radius 3 is 2.33 bits per heavy atom. The Morgan fingerprint density at radius 1 is 1.33 bits per heavy atom. The van der Waals surface area contributed by atoms with Crippen molar-refractivity contribution < 1.29 is 9.50 Å². The maximum absolute atomic E-state index is 12.6. The van der Waals surface area contributed by atoms with Crippen LogP contribution in [0.1, 0.15) is 31.4 Å². The van der Waals surface area contributed by atoms with E-state index in [-0.39, 0.29) is 18.2 Å². The van der Waals surface area contributed by atoms with Crippen molar-refractivity contribution in [2.75, 3.05) is 0 Å². The Kier molecular flexibility index (Phi) is 6.48. The van der Waals surface area contributed by atoms with Crippen molar-refractivity contribution >= 4 is 12.4 Å². The number of rotatable bonds is 4. The number of nitrogens with two attached hydrogens (primary N) is 1. The number of aliphatic hydroxyl groups excluding tert-OH is 1. The molecule has 0 spiro atoms. The molecule has 0 unspecified atom stereocenters. The fourth-order valence-electron chi connectivity index (χ4n) is 1.38. The minimum Gasteiger partial charge on any atom is -0.391 e. The Bertz CT molecular complexity index is 278. The van der Waals surface area contributed by atoms with Crippen molar-refractivity contribution in [3.8, 4) is 0 Å². The maximum atomic E-state index is 12.6. The second-order valence-corrected chi connectivity index (χ2v) is 3.43. The van der Waals surface area contributed by atoms with Gasteiger partial charge in [0.15, 0.2) is 0 Å². The Balaban J connectivity index is 0.00000196. The smallest absolute Gasteiger partial charge is 0.123 e. The molecule has 0 radical (unpaired) electrons. The van der Waals surface area contributed by atoms with Gasteiger partial charge in [0.1, 0.15) is 5.82 Å². The van der Waals surface area contributed by atoms with Gasteiger partial charge >= 0.3 is 0 Å². The highest BCUT2D eigenvalue weighted by Crippen LogP contribution is 2.17. The highest BCUT2D eigenvalue weighted by atomic mass is 35.5. The zero-order valence-electron chi connectivity index (χ0n) is 8.69. The van der Waals surface area contributed by atoms with Crippen LogP contribution in [0.15, 0.2) is 24.3 Å². The van der Waals surface area contributed by atoms with Gasteiger partial charge in [-0.1, -0.05) is 25.5 Å². The second kappa shape index (κ2) is 6.77. The van der Waals surface area contributed by atoms with Crippen LogP contribution in [0.5, 0.6) is 0 Å². The summed E-state index contributed by atoms with van der Waals surface area (Å²) in [6, 6.07) is 5.51. The summed E-state index contributed by atoms with van der Waals surface area (Å²) in [5.74, 6) is -0.286. The summed E-state index contributed by atoms with van der Waals surface area (Å²) in [6.07, 6.45) is 1.000. The van der Waals surface area contributed by atoms with Crippen molar-refractivity contribution in [1.29, 1.82) is 0 Å². The summed E-state index contributed by atoms with van der Waals surface area (Å²) in [5.41, 5.74) is 6.57. The number of benzene rings is 1. The summed E-state index contributed by atoms with van der Waals surface area (Å²) in [7, 11) is 0. The van der Waals surface area contributed by atoms with Crippen LogP contribution in [0, 0.1) is 5.82 Å². The second-order valence-electron chi connectivity index (χ2n) is 3.43. The van der Waals surface area contributed by atoms with Gasteiger partial charge < -0.3 is 10.8 Å². The van der Waals surface area contributed by atoms with Gasteiger partial charge in [-0.05, 0) is 24.1 Å². The lowest BCUT2D eigenvalue weighted by atomic mass is 9.99. The molecule has 3 N–H and O–H groups in total. The van der Waals surface area contributed by atoms with E-state index in [2.05, 4.69) is 0 Å². The lowest BCUT2D eigenvalue weighted by molar-refractivity contribution is 0.134. The summed E-state index contributed by atoms with van der Waals surface area (Å²) in [5, 5.41) is 9.62. The molecule has 0 saturated carbocycles. The van der Waals surface area contributed by atoms with Crippen molar-refractivity contribution in [2.24, 2.45) is 5.73 Å². The van der Waals surface area contributed by atoms with Crippen LogP contribution in [0.4, 0.5) is 4.39 Å². The molecule has 0 aliphatic heterocycles. The SMILES string of the molecule is CCC[C@@H](O)[C@@H](N)c1ccc(F)cc1.Cl. The maximum Gasteiger partial charge on any atom is 0.123 e. The lowest BCUT2D eigenvalue weighted by Crippen LogP contribution is -2.25. The monoisotopic (exact) mass is 233 g/mol. The molecular weight excluding hydrogens is 217 g/mol. The lowest BCUT2D eigenvalue weighted by Gasteiger charge is -2.18. The van der Waals surface area contributed by atoms with Crippen LogP contribution < -0.4 is 5.73 Å². The first kappa shape index (κ1) is 14.4. The van der Waals surface area contributed by atoms with Crippen LogP contribution in [0.3, 0.4) is 0 Å². The average Bonchev–Trinajstić information content (AvgIpc) is 2.18. The molecule has 1 rings (SSSR count). The zero-order valence-corrected chi connectivity index (χ0v) is 9.51. The Morgan fingerprint density at radius 2 is 1.87 bits per heavy atom. The molecule has 0 aliphatic rings. The minimum atomic E-state index is -0.550. The van der Waals surface area contributed by atoms with Gasteiger partial charge in [0, 0.05) is 0 Å². The van der Waals surface area contributed by atoms with Crippen LogP contribution in [-0.2, 0) is 0 Å². The average molecular weight is 234 g/mol. The molecule has 0 bridgehead atoms. The van der Waals surface area contributed by atoms with E-state index in [1.165, 1.54) is 12.1 Å². The van der Waals surface area contributed by atoms with Crippen molar-refractivity contribution in [3.63, 3.8) is 0 Å². The Hall–Kier alpha value is -0.640. The van der Waals surface area contributed by atoms with Crippen LogP contribution >= 0.6 is 12.4 Å². The molecule has 2 nitrogen and oxygen atoms in total. The summed E-state index contributed by atoms with van der Waals surface area (Å²) in [6.45, 7) is 1.99. The van der Waals surface area contributed by atoms with Gasteiger partial charge in [-0.2, -0.15) is 0 Å². The van der Waals surface area contributed by atoms with E-state index in [1.807, 2.05) is 6.92 Å². The predicted octanol–water partition coefficient (Wildman–Crippen LogP) is 2.41. The quantitative estimate of drug-likeness (QED) is 0.839. The van der Waals surface area contributed by atoms with Gasteiger partial charge in [0.05, 0.1) is 12.1 Å². The third kappa shape index (κ3) is 4.16. The molecule has 1 aromatic rings. The van der Waals surface area contributed by atoms with E-state index in [9.17, 15) is 9.50 Å². The van der Waals surface area contributed by atoms with Gasteiger partial charge in [0.2, 0.25) is 0 Å². The van der Waals surface area contributed by atoms with Gasteiger partial charge in [0.25, 0.3) is 0 Å². The van der Waals surface area contributed by atoms with Crippen LogP contribution in [0.2, 0.25) is 0 Å². The fraction of sp³-hybridized carbons (Fsp3) is 0.455. The highest BCUT2D eigenvalue weighted by Gasteiger charge is 2.15. The van der Waals surface area contributed by atoms with E-state index in [1.54, 1.807) is 12.1 Å².